The van der Waals surface area contributed by atoms with E-state index in [1.54, 1.807) is 42.5 Å². The summed E-state index contributed by atoms with van der Waals surface area (Å²) >= 11 is 1.38. The predicted octanol–water partition coefficient (Wildman–Crippen LogP) is 3.47. The van der Waals surface area contributed by atoms with E-state index in [2.05, 4.69) is 15.5 Å². The van der Waals surface area contributed by atoms with Crippen molar-refractivity contribution in [1.82, 2.24) is 10.2 Å². The number of nitrogens with zero attached hydrogens (tertiary/aromatic N) is 3. The first-order chi connectivity index (χ1) is 13.6. The number of carbonyl (C=O) groups is 3. The van der Waals surface area contributed by atoms with Crippen molar-refractivity contribution in [1.29, 1.82) is 0 Å². The van der Waals surface area contributed by atoms with Crippen LogP contribution in [-0.4, -0.2) is 27.9 Å². The van der Waals surface area contributed by atoms with E-state index in [1.165, 1.54) is 17.4 Å². The number of hydrogen-bond acceptors (Lipinski definition) is 6. The van der Waals surface area contributed by atoms with E-state index >= 15 is 0 Å². The van der Waals surface area contributed by atoms with Crippen molar-refractivity contribution in [3.05, 3.63) is 70.2 Å². The molecule has 7 nitrogen and oxygen atoms in total. The molecule has 3 amide bonds. The van der Waals surface area contributed by atoms with Crippen LogP contribution in [0.25, 0.3) is 0 Å². The van der Waals surface area contributed by atoms with Gasteiger partial charge in [0.1, 0.15) is 5.01 Å². The number of fused-ring (bicyclic) bond motifs is 1. The number of imide groups is 1. The van der Waals surface area contributed by atoms with Crippen LogP contribution in [-0.2, 0) is 0 Å². The quantitative estimate of drug-likeness (QED) is 0.689. The zero-order chi connectivity index (χ0) is 19.3. The number of aromatic nitrogens is 2. The van der Waals surface area contributed by atoms with E-state index in [0.717, 1.165) is 22.7 Å². The van der Waals surface area contributed by atoms with Crippen LogP contribution in [0.15, 0.2) is 48.5 Å². The van der Waals surface area contributed by atoms with Crippen molar-refractivity contribution in [2.45, 2.75) is 18.8 Å². The molecule has 1 aliphatic heterocycles. The van der Waals surface area contributed by atoms with Crippen LogP contribution in [0, 0.1) is 0 Å². The summed E-state index contributed by atoms with van der Waals surface area (Å²) in [7, 11) is 0. The number of anilines is 2. The summed E-state index contributed by atoms with van der Waals surface area (Å²) in [6, 6.07) is 13.1. The van der Waals surface area contributed by atoms with Gasteiger partial charge in [-0.15, -0.1) is 10.2 Å². The molecule has 2 aromatic carbocycles. The third-order valence-corrected chi connectivity index (χ3v) is 5.75. The Morgan fingerprint density at radius 3 is 2.39 bits per heavy atom. The Morgan fingerprint density at radius 2 is 1.71 bits per heavy atom. The van der Waals surface area contributed by atoms with Crippen molar-refractivity contribution in [3.8, 4) is 0 Å². The molecule has 0 unspecified atom stereocenters. The molecule has 1 aromatic heterocycles. The number of nitrogens with one attached hydrogen (secondary N) is 1. The summed E-state index contributed by atoms with van der Waals surface area (Å²) in [5, 5.41) is 12.2. The Labute approximate surface area is 164 Å². The third kappa shape index (κ3) is 2.78. The van der Waals surface area contributed by atoms with Crippen LogP contribution in [0.4, 0.5) is 10.8 Å². The molecule has 138 valence electrons. The lowest BCUT2D eigenvalue weighted by Crippen LogP contribution is -2.29. The van der Waals surface area contributed by atoms with Crippen molar-refractivity contribution >= 4 is 39.9 Å². The molecule has 2 aliphatic rings. The van der Waals surface area contributed by atoms with Crippen LogP contribution in [0.2, 0.25) is 0 Å². The molecule has 1 saturated carbocycles. The topological polar surface area (TPSA) is 92.3 Å². The highest BCUT2D eigenvalue weighted by molar-refractivity contribution is 7.15. The van der Waals surface area contributed by atoms with Crippen LogP contribution in [0.3, 0.4) is 0 Å². The Balaban J connectivity index is 1.39. The number of amides is 3. The van der Waals surface area contributed by atoms with E-state index < -0.39 is 11.8 Å². The Kier molecular flexibility index (Phi) is 3.80. The van der Waals surface area contributed by atoms with Gasteiger partial charge < -0.3 is 0 Å². The maximum Gasteiger partial charge on any atom is 0.266 e. The largest absolute Gasteiger partial charge is 0.296 e. The molecule has 8 heteroatoms. The Hall–Kier alpha value is -3.39. The van der Waals surface area contributed by atoms with Crippen molar-refractivity contribution in [2.75, 3.05) is 10.2 Å². The van der Waals surface area contributed by atoms with Crippen LogP contribution < -0.4 is 10.2 Å². The van der Waals surface area contributed by atoms with E-state index in [4.69, 9.17) is 0 Å². The van der Waals surface area contributed by atoms with Gasteiger partial charge in [-0.25, -0.2) is 4.90 Å². The van der Waals surface area contributed by atoms with Crippen LogP contribution in [0.1, 0.15) is 54.8 Å². The first kappa shape index (κ1) is 16.8. The van der Waals surface area contributed by atoms with Crippen molar-refractivity contribution in [3.63, 3.8) is 0 Å². The van der Waals surface area contributed by atoms with Gasteiger partial charge in [-0.2, -0.15) is 0 Å². The van der Waals surface area contributed by atoms with Gasteiger partial charge in [0.15, 0.2) is 0 Å². The lowest BCUT2D eigenvalue weighted by atomic mass is 10.1. The summed E-state index contributed by atoms with van der Waals surface area (Å²) in [5.74, 6) is -0.676. The molecular weight excluding hydrogens is 376 g/mol. The molecule has 1 N–H and O–H groups in total. The van der Waals surface area contributed by atoms with Crippen LogP contribution in [0.5, 0.6) is 0 Å². The second-order valence-electron chi connectivity index (χ2n) is 6.72. The normalized spacial score (nSPS) is 15.6. The first-order valence-electron chi connectivity index (χ1n) is 8.84. The zero-order valence-corrected chi connectivity index (χ0v) is 15.4. The Bertz CT molecular complexity index is 1100. The maximum absolute atomic E-state index is 12.6. The van der Waals surface area contributed by atoms with E-state index in [9.17, 15) is 14.4 Å². The summed E-state index contributed by atoms with van der Waals surface area (Å²) < 4.78 is 0. The predicted molar refractivity (Wildman–Crippen MR) is 104 cm³/mol. The van der Waals surface area contributed by atoms with E-state index in [1.807, 2.05) is 0 Å². The molecule has 1 aliphatic carbocycles. The summed E-state index contributed by atoms with van der Waals surface area (Å²) in [6.07, 6.45) is 2.23. The smallest absolute Gasteiger partial charge is 0.266 e. The fourth-order valence-electron chi connectivity index (χ4n) is 3.16. The highest BCUT2D eigenvalue weighted by Gasteiger charge is 2.36. The molecule has 1 fully saturated rings. The molecule has 0 bridgehead atoms. The molecule has 0 spiro atoms. The minimum absolute atomic E-state index is 0.331. The average molecular weight is 390 g/mol. The summed E-state index contributed by atoms with van der Waals surface area (Å²) in [5.41, 5.74) is 1.42. The highest BCUT2D eigenvalue weighted by Crippen LogP contribution is 2.42. The zero-order valence-electron chi connectivity index (χ0n) is 14.6. The van der Waals surface area contributed by atoms with Crippen molar-refractivity contribution < 1.29 is 14.4 Å². The van der Waals surface area contributed by atoms with E-state index in [0.29, 0.717) is 33.4 Å². The van der Waals surface area contributed by atoms with Crippen molar-refractivity contribution in [2.24, 2.45) is 0 Å². The monoisotopic (exact) mass is 390 g/mol. The molecule has 28 heavy (non-hydrogen) atoms. The van der Waals surface area contributed by atoms with Gasteiger partial charge in [0.2, 0.25) is 5.13 Å². The van der Waals surface area contributed by atoms with Gasteiger partial charge in [-0.3, -0.25) is 19.7 Å². The number of benzene rings is 2. The van der Waals surface area contributed by atoms with Gasteiger partial charge in [0, 0.05) is 11.5 Å². The average Bonchev–Trinajstić information content (AvgIpc) is 3.41. The molecule has 0 saturated heterocycles. The second-order valence-corrected chi connectivity index (χ2v) is 7.72. The molecular formula is C20H14N4O3S. The minimum atomic E-state index is -0.392. The summed E-state index contributed by atoms with van der Waals surface area (Å²) in [4.78, 5) is 39.0. The van der Waals surface area contributed by atoms with Crippen LogP contribution >= 0.6 is 11.3 Å². The second kappa shape index (κ2) is 6.35. The fourth-order valence-corrected chi connectivity index (χ4v) is 4.07. The van der Waals surface area contributed by atoms with Gasteiger partial charge in [0.05, 0.1) is 16.8 Å². The van der Waals surface area contributed by atoms with E-state index in [-0.39, 0.29) is 5.91 Å². The highest BCUT2D eigenvalue weighted by atomic mass is 32.1. The number of carbonyl (C=O) groups excluding carboxylic acids is 3. The number of hydrogen-bond donors (Lipinski definition) is 1. The fraction of sp³-hybridized carbons (Fsp3) is 0.150. The minimum Gasteiger partial charge on any atom is -0.296 e. The molecule has 3 aromatic rings. The number of rotatable bonds is 4. The van der Waals surface area contributed by atoms with Gasteiger partial charge in [-0.05, 0) is 43.2 Å². The van der Waals surface area contributed by atoms with Gasteiger partial charge in [0.25, 0.3) is 17.7 Å². The molecule has 0 atom stereocenters. The lowest BCUT2D eigenvalue weighted by Gasteiger charge is -2.14. The SMILES string of the molecule is O=C(Nc1nnc(C2CC2)s1)c1cccc(N2C(=O)c3ccccc3C2=O)c1. The Morgan fingerprint density at radius 1 is 1.00 bits per heavy atom. The molecule has 5 rings (SSSR count). The third-order valence-electron chi connectivity index (χ3n) is 4.75. The van der Waals surface area contributed by atoms with Gasteiger partial charge in [-0.1, -0.05) is 29.5 Å². The standard InChI is InChI=1S/C20H14N4O3S/c25-16(21-20-23-22-17(28-20)11-8-9-11)12-4-3-5-13(10-12)24-18(26)14-6-1-2-7-15(14)19(24)27/h1-7,10-11H,8-9H2,(H,21,23,25). The van der Waals surface area contributed by atoms with Gasteiger partial charge >= 0.3 is 0 Å². The lowest BCUT2D eigenvalue weighted by molar-refractivity contribution is 0.0924. The molecule has 2 heterocycles. The molecule has 0 radical (unpaired) electrons. The maximum atomic E-state index is 12.6. The first-order valence-corrected chi connectivity index (χ1v) is 9.66. The summed E-state index contributed by atoms with van der Waals surface area (Å²) in [6.45, 7) is 0.